The maximum atomic E-state index is 8.40. The van der Waals surface area contributed by atoms with Crippen LogP contribution in [0, 0.1) is 5.41 Å². The number of hydrogen-bond acceptors (Lipinski definition) is 4. The first kappa shape index (κ1) is 10.2. The van der Waals surface area contributed by atoms with Crippen LogP contribution in [0.4, 0.5) is 5.95 Å². The molecule has 3 heterocycles. The van der Waals surface area contributed by atoms with Gasteiger partial charge in [-0.05, 0) is 25.7 Å². The largest absolute Gasteiger partial charge is 0.442 e. The van der Waals surface area contributed by atoms with E-state index in [1.54, 1.807) is 0 Å². The second kappa shape index (κ2) is 3.60. The lowest BCUT2D eigenvalue weighted by Crippen LogP contribution is -2.30. The van der Waals surface area contributed by atoms with E-state index in [4.69, 9.17) is 9.83 Å². The molecule has 2 aromatic heterocycles. The zero-order valence-corrected chi connectivity index (χ0v) is 10.3. The van der Waals surface area contributed by atoms with E-state index in [-0.39, 0.29) is 0 Å². The van der Waals surface area contributed by atoms with Crippen molar-refractivity contribution in [1.82, 2.24) is 9.55 Å². The molecule has 0 unspecified atom stereocenters. The molecule has 0 atom stereocenters. The molecule has 5 heteroatoms. The van der Waals surface area contributed by atoms with Gasteiger partial charge in [-0.1, -0.05) is 0 Å². The molecule has 0 aromatic carbocycles. The van der Waals surface area contributed by atoms with Crippen LogP contribution in [0.5, 0.6) is 0 Å². The van der Waals surface area contributed by atoms with Gasteiger partial charge in [0.15, 0.2) is 0 Å². The molecule has 5 nitrogen and oxygen atoms in total. The van der Waals surface area contributed by atoms with E-state index in [1.807, 2.05) is 4.57 Å². The molecule has 2 N–H and O–H groups in total. The molecule has 2 aliphatic rings. The van der Waals surface area contributed by atoms with Crippen molar-refractivity contribution in [1.29, 1.82) is 5.41 Å². The summed E-state index contributed by atoms with van der Waals surface area (Å²) >= 11 is 0. The minimum Gasteiger partial charge on any atom is -0.442 e. The average Bonchev–Trinajstić information content (AvgIpc) is 2.77. The molecule has 0 fully saturated rings. The van der Waals surface area contributed by atoms with E-state index in [2.05, 4.69) is 10.3 Å². The SMILES string of the molecule is N=c1c2c3c(oc2nc2n1CCCN2)CCCC3. The first-order valence-electron chi connectivity index (χ1n) is 6.68. The van der Waals surface area contributed by atoms with Gasteiger partial charge in [-0.15, -0.1) is 0 Å². The Hall–Kier alpha value is -1.78. The summed E-state index contributed by atoms with van der Waals surface area (Å²) in [5.41, 5.74) is 2.44. The Morgan fingerprint density at radius 1 is 1.22 bits per heavy atom. The molecular formula is C13H16N4O. The highest BCUT2D eigenvalue weighted by Crippen LogP contribution is 2.29. The fourth-order valence-corrected chi connectivity index (χ4v) is 3.06. The number of furan rings is 1. The molecule has 0 saturated heterocycles. The predicted molar refractivity (Wildman–Crippen MR) is 67.6 cm³/mol. The Balaban J connectivity index is 2.07. The van der Waals surface area contributed by atoms with Gasteiger partial charge in [0.2, 0.25) is 11.7 Å². The third-order valence-corrected chi connectivity index (χ3v) is 3.96. The summed E-state index contributed by atoms with van der Waals surface area (Å²) in [7, 11) is 0. The Labute approximate surface area is 104 Å². The van der Waals surface area contributed by atoms with Crippen LogP contribution in [0.2, 0.25) is 0 Å². The summed E-state index contributed by atoms with van der Waals surface area (Å²) in [6.07, 6.45) is 5.46. The van der Waals surface area contributed by atoms with Crippen molar-refractivity contribution < 1.29 is 4.42 Å². The highest BCUT2D eigenvalue weighted by molar-refractivity contribution is 5.79. The monoisotopic (exact) mass is 244 g/mol. The highest BCUT2D eigenvalue weighted by atomic mass is 16.3. The van der Waals surface area contributed by atoms with Crippen molar-refractivity contribution in [2.45, 2.75) is 38.6 Å². The molecule has 0 radical (unpaired) electrons. The normalized spacial score (nSPS) is 18.2. The van der Waals surface area contributed by atoms with E-state index in [0.29, 0.717) is 11.2 Å². The molecule has 0 saturated carbocycles. The number of nitrogens with zero attached hydrogens (tertiary/aromatic N) is 2. The Kier molecular flexibility index (Phi) is 2.04. The summed E-state index contributed by atoms with van der Waals surface area (Å²) in [4.78, 5) is 4.55. The summed E-state index contributed by atoms with van der Waals surface area (Å²) in [5.74, 6) is 1.84. The van der Waals surface area contributed by atoms with Gasteiger partial charge in [-0.3, -0.25) is 9.98 Å². The van der Waals surface area contributed by atoms with Crippen LogP contribution in [0.15, 0.2) is 4.42 Å². The van der Waals surface area contributed by atoms with Crippen LogP contribution in [0.1, 0.15) is 30.6 Å². The van der Waals surface area contributed by atoms with Crippen molar-refractivity contribution in [3.8, 4) is 0 Å². The first-order chi connectivity index (χ1) is 8.84. The molecule has 1 aliphatic carbocycles. The van der Waals surface area contributed by atoms with Crippen LogP contribution in [-0.4, -0.2) is 16.1 Å². The molecule has 18 heavy (non-hydrogen) atoms. The highest BCUT2D eigenvalue weighted by Gasteiger charge is 2.22. The van der Waals surface area contributed by atoms with E-state index in [9.17, 15) is 0 Å². The number of anilines is 1. The summed E-state index contributed by atoms with van der Waals surface area (Å²) in [6.45, 7) is 1.81. The number of rotatable bonds is 0. The third kappa shape index (κ3) is 1.27. The molecule has 94 valence electrons. The van der Waals surface area contributed by atoms with Crippen molar-refractivity contribution in [2.24, 2.45) is 0 Å². The van der Waals surface area contributed by atoms with Crippen molar-refractivity contribution in [2.75, 3.05) is 11.9 Å². The minimum absolute atomic E-state index is 0.564. The first-order valence-corrected chi connectivity index (χ1v) is 6.68. The number of hydrogen-bond donors (Lipinski definition) is 2. The minimum atomic E-state index is 0.564. The van der Waals surface area contributed by atoms with Crippen molar-refractivity contribution >= 4 is 17.0 Å². The van der Waals surface area contributed by atoms with E-state index in [1.165, 1.54) is 18.4 Å². The number of fused-ring (bicyclic) bond motifs is 4. The lowest BCUT2D eigenvalue weighted by Gasteiger charge is -2.19. The van der Waals surface area contributed by atoms with Gasteiger partial charge in [0, 0.05) is 25.1 Å². The van der Waals surface area contributed by atoms with E-state index < -0.39 is 0 Å². The zero-order chi connectivity index (χ0) is 12.1. The number of aryl methyl sites for hydroxylation is 2. The fourth-order valence-electron chi connectivity index (χ4n) is 3.06. The lowest BCUT2D eigenvalue weighted by molar-refractivity contribution is 0.498. The van der Waals surface area contributed by atoms with Crippen LogP contribution in [0.3, 0.4) is 0 Å². The zero-order valence-electron chi connectivity index (χ0n) is 10.3. The molecule has 0 bridgehead atoms. The third-order valence-electron chi connectivity index (χ3n) is 3.96. The van der Waals surface area contributed by atoms with Crippen LogP contribution in [0.25, 0.3) is 11.1 Å². The van der Waals surface area contributed by atoms with Crippen LogP contribution < -0.4 is 10.8 Å². The van der Waals surface area contributed by atoms with Crippen molar-refractivity contribution in [3.63, 3.8) is 0 Å². The smallest absolute Gasteiger partial charge is 0.233 e. The molecule has 2 aromatic rings. The molecule has 4 rings (SSSR count). The quantitative estimate of drug-likeness (QED) is 0.742. The number of aromatic nitrogens is 2. The van der Waals surface area contributed by atoms with Gasteiger partial charge in [-0.25, -0.2) is 0 Å². The van der Waals surface area contributed by atoms with Crippen LogP contribution in [-0.2, 0) is 19.4 Å². The van der Waals surface area contributed by atoms with Gasteiger partial charge in [0.1, 0.15) is 11.2 Å². The second-order valence-electron chi connectivity index (χ2n) is 5.11. The van der Waals surface area contributed by atoms with Gasteiger partial charge in [0.05, 0.1) is 5.39 Å². The standard InChI is InChI=1S/C13H16N4O/c14-11-10-8-4-1-2-5-9(8)18-12(10)16-13-15-6-3-7-17(11)13/h14H,1-7H2,(H,15,16). The Morgan fingerprint density at radius 3 is 3.06 bits per heavy atom. The van der Waals surface area contributed by atoms with Gasteiger partial charge in [-0.2, -0.15) is 4.98 Å². The van der Waals surface area contributed by atoms with Crippen LogP contribution >= 0.6 is 0 Å². The maximum absolute atomic E-state index is 8.40. The fraction of sp³-hybridized carbons (Fsp3) is 0.538. The number of nitrogens with one attached hydrogen (secondary N) is 2. The Bertz CT molecular complexity index is 682. The maximum Gasteiger partial charge on any atom is 0.233 e. The molecule has 0 amide bonds. The van der Waals surface area contributed by atoms with Gasteiger partial charge in [0.25, 0.3) is 0 Å². The van der Waals surface area contributed by atoms with E-state index in [0.717, 1.165) is 49.4 Å². The average molecular weight is 244 g/mol. The summed E-state index contributed by atoms with van der Waals surface area (Å²) in [5, 5.41) is 12.6. The van der Waals surface area contributed by atoms with Crippen molar-refractivity contribution in [3.05, 3.63) is 16.8 Å². The van der Waals surface area contributed by atoms with Gasteiger partial charge >= 0.3 is 0 Å². The van der Waals surface area contributed by atoms with E-state index >= 15 is 0 Å². The topological polar surface area (TPSA) is 66.8 Å². The predicted octanol–water partition coefficient (Wildman–Crippen LogP) is 1.80. The molecule has 1 aliphatic heterocycles. The summed E-state index contributed by atoms with van der Waals surface area (Å²) < 4.78 is 7.82. The lowest BCUT2D eigenvalue weighted by atomic mass is 9.97. The summed E-state index contributed by atoms with van der Waals surface area (Å²) in [6, 6.07) is 0. The Morgan fingerprint density at radius 2 is 2.11 bits per heavy atom. The molecule has 0 spiro atoms. The van der Waals surface area contributed by atoms with Gasteiger partial charge < -0.3 is 9.73 Å². The molecular weight excluding hydrogens is 228 g/mol. The second-order valence-corrected chi connectivity index (χ2v) is 5.11.